The lowest BCUT2D eigenvalue weighted by molar-refractivity contribution is -0.124. The van der Waals surface area contributed by atoms with Crippen molar-refractivity contribution >= 4 is 22.8 Å². The zero-order chi connectivity index (χ0) is 17.8. The highest BCUT2D eigenvalue weighted by Gasteiger charge is 2.26. The summed E-state index contributed by atoms with van der Waals surface area (Å²) in [7, 11) is 0. The Bertz CT molecular complexity index is 775. The van der Waals surface area contributed by atoms with Crippen LogP contribution in [-0.4, -0.2) is 46.3 Å². The van der Waals surface area contributed by atoms with E-state index >= 15 is 0 Å². The maximum absolute atomic E-state index is 12.8. The molecular weight excluding hydrogens is 316 g/mol. The number of aromatic nitrogens is 2. The van der Waals surface area contributed by atoms with Crippen LogP contribution in [0.25, 0.3) is 11.0 Å². The quantitative estimate of drug-likeness (QED) is 0.926. The molecule has 1 fully saturated rings. The minimum absolute atomic E-state index is 0.0193. The molecule has 6 heteroatoms. The van der Waals surface area contributed by atoms with Crippen LogP contribution < -0.4 is 5.32 Å². The van der Waals surface area contributed by atoms with Crippen molar-refractivity contribution in [3.05, 3.63) is 36.2 Å². The number of carbonyl (C=O) groups is 2. The van der Waals surface area contributed by atoms with E-state index in [0.717, 1.165) is 30.4 Å². The summed E-state index contributed by atoms with van der Waals surface area (Å²) in [6.07, 6.45) is 3.51. The van der Waals surface area contributed by atoms with Crippen LogP contribution in [0, 0.1) is 11.8 Å². The molecule has 1 aliphatic heterocycles. The van der Waals surface area contributed by atoms with Gasteiger partial charge in [0.15, 0.2) is 0 Å². The molecule has 1 aromatic heterocycles. The summed E-state index contributed by atoms with van der Waals surface area (Å²) >= 11 is 0. The predicted molar refractivity (Wildman–Crippen MR) is 96.0 cm³/mol. The summed E-state index contributed by atoms with van der Waals surface area (Å²) in [5.74, 6) is 0.241. The van der Waals surface area contributed by atoms with Gasteiger partial charge in [0.25, 0.3) is 5.91 Å². The van der Waals surface area contributed by atoms with Crippen molar-refractivity contribution in [1.82, 2.24) is 20.2 Å². The Morgan fingerprint density at radius 3 is 2.80 bits per heavy atom. The van der Waals surface area contributed by atoms with Gasteiger partial charge in [-0.1, -0.05) is 26.0 Å². The highest BCUT2D eigenvalue weighted by atomic mass is 16.2. The number of rotatable bonds is 4. The van der Waals surface area contributed by atoms with Crippen molar-refractivity contribution in [1.29, 1.82) is 0 Å². The second kappa shape index (κ2) is 7.59. The first-order valence-electron chi connectivity index (χ1n) is 8.83. The third-order valence-electron chi connectivity index (χ3n) is 4.56. The van der Waals surface area contributed by atoms with Gasteiger partial charge in [0.1, 0.15) is 5.69 Å². The minimum atomic E-state index is -0.0851. The Labute approximate surface area is 147 Å². The molecule has 2 amide bonds. The fourth-order valence-electron chi connectivity index (χ4n) is 3.09. The Hall–Kier alpha value is -2.50. The largest absolute Gasteiger partial charge is 0.356 e. The average molecular weight is 340 g/mol. The van der Waals surface area contributed by atoms with E-state index in [1.54, 1.807) is 6.20 Å². The van der Waals surface area contributed by atoms with Gasteiger partial charge in [0.2, 0.25) is 5.91 Å². The molecule has 25 heavy (non-hydrogen) atoms. The Kier molecular flexibility index (Phi) is 5.26. The fourth-order valence-corrected chi connectivity index (χ4v) is 3.09. The first kappa shape index (κ1) is 17.3. The average Bonchev–Trinajstić information content (AvgIpc) is 2.65. The molecular formula is C19H24N4O2. The third-order valence-corrected chi connectivity index (χ3v) is 4.56. The number of nitrogens with one attached hydrogen (secondary N) is 1. The van der Waals surface area contributed by atoms with Crippen LogP contribution in [0.4, 0.5) is 0 Å². The van der Waals surface area contributed by atoms with E-state index in [2.05, 4.69) is 15.3 Å². The van der Waals surface area contributed by atoms with Crippen molar-refractivity contribution in [2.45, 2.75) is 26.7 Å². The number of amides is 2. The van der Waals surface area contributed by atoms with Gasteiger partial charge >= 0.3 is 0 Å². The monoisotopic (exact) mass is 340 g/mol. The summed E-state index contributed by atoms with van der Waals surface area (Å²) in [6.45, 7) is 5.74. The van der Waals surface area contributed by atoms with E-state index in [4.69, 9.17) is 0 Å². The number of nitrogens with zero attached hydrogens (tertiary/aromatic N) is 3. The van der Waals surface area contributed by atoms with Crippen LogP contribution in [0.15, 0.2) is 30.5 Å². The molecule has 1 aliphatic rings. The number of likely N-dealkylation sites (tertiary alicyclic amines) is 1. The Morgan fingerprint density at radius 2 is 2.04 bits per heavy atom. The number of para-hydroxylation sites is 2. The molecule has 0 aliphatic carbocycles. The van der Waals surface area contributed by atoms with Crippen LogP contribution >= 0.6 is 0 Å². The van der Waals surface area contributed by atoms with Gasteiger partial charge in [-0.25, -0.2) is 4.98 Å². The highest BCUT2D eigenvalue weighted by Crippen LogP contribution is 2.18. The molecule has 132 valence electrons. The molecule has 0 bridgehead atoms. The van der Waals surface area contributed by atoms with E-state index in [-0.39, 0.29) is 23.7 Å². The number of hydrogen-bond acceptors (Lipinski definition) is 4. The normalized spacial score (nSPS) is 17.7. The van der Waals surface area contributed by atoms with Crippen molar-refractivity contribution in [2.75, 3.05) is 19.6 Å². The topological polar surface area (TPSA) is 75.2 Å². The van der Waals surface area contributed by atoms with Gasteiger partial charge in [-0.15, -0.1) is 0 Å². The molecule has 1 aromatic carbocycles. The van der Waals surface area contributed by atoms with Crippen molar-refractivity contribution in [3.63, 3.8) is 0 Å². The molecule has 2 aromatic rings. The summed E-state index contributed by atoms with van der Waals surface area (Å²) < 4.78 is 0. The molecule has 0 radical (unpaired) electrons. The zero-order valence-corrected chi connectivity index (χ0v) is 14.7. The van der Waals surface area contributed by atoms with E-state index in [1.807, 2.05) is 43.0 Å². The number of fused-ring (bicyclic) bond motifs is 1. The maximum Gasteiger partial charge on any atom is 0.274 e. The number of hydrogen-bond donors (Lipinski definition) is 1. The van der Waals surface area contributed by atoms with E-state index in [1.165, 1.54) is 0 Å². The van der Waals surface area contributed by atoms with Gasteiger partial charge in [-0.2, -0.15) is 0 Å². The third kappa shape index (κ3) is 4.13. The van der Waals surface area contributed by atoms with Crippen molar-refractivity contribution < 1.29 is 9.59 Å². The van der Waals surface area contributed by atoms with E-state index in [9.17, 15) is 9.59 Å². The maximum atomic E-state index is 12.8. The van der Waals surface area contributed by atoms with Gasteiger partial charge < -0.3 is 10.2 Å². The number of benzene rings is 1. The molecule has 1 atom stereocenters. The van der Waals surface area contributed by atoms with Crippen LogP contribution in [0.3, 0.4) is 0 Å². The lowest BCUT2D eigenvalue weighted by Crippen LogP contribution is -2.44. The van der Waals surface area contributed by atoms with Crippen LogP contribution in [0.5, 0.6) is 0 Å². The van der Waals surface area contributed by atoms with Crippen molar-refractivity contribution in [3.8, 4) is 0 Å². The van der Waals surface area contributed by atoms with Crippen molar-refractivity contribution in [2.24, 2.45) is 11.8 Å². The molecule has 1 N–H and O–H groups in total. The summed E-state index contributed by atoms with van der Waals surface area (Å²) in [6, 6.07) is 7.53. The van der Waals surface area contributed by atoms with Gasteiger partial charge in [0, 0.05) is 25.6 Å². The lowest BCUT2D eigenvalue weighted by atomic mass is 9.97. The molecule has 3 rings (SSSR count). The molecule has 0 spiro atoms. The zero-order valence-electron chi connectivity index (χ0n) is 14.7. The Balaban J connectivity index is 1.65. The highest BCUT2D eigenvalue weighted by molar-refractivity contribution is 5.93. The summed E-state index contributed by atoms with van der Waals surface area (Å²) in [5.41, 5.74) is 1.89. The predicted octanol–water partition coefficient (Wildman–Crippen LogP) is 2.25. The van der Waals surface area contributed by atoms with Crippen LogP contribution in [-0.2, 0) is 4.79 Å². The molecule has 1 saturated heterocycles. The second-order valence-corrected chi connectivity index (χ2v) is 6.90. The molecule has 0 saturated carbocycles. The lowest BCUT2D eigenvalue weighted by Gasteiger charge is -2.32. The Morgan fingerprint density at radius 1 is 1.28 bits per heavy atom. The van der Waals surface area contributed by atoms with Crippen LogP contribution in [0.2, 0.25) is 0 Å². The summed E-state index contributed by atoms with van der Waals surface area (Å²) in [4.78, 5) is 35.1. The van der Waals surface area contributed by atoms with Gasteiger partial charge in [-0.3, -0.25) is 14.6 Å². The van der Waals surface area contributed by atoms with E-state index in [0.29, 0.717) is 18.8 Å². The van der Waals surface area contributed by atoms with Gasteiger partial charge in [0.05, 0.1) is 17.2 Å². The van der Waals surface area contributed by atoms with Crippen LogP contribution in [0.1, 0.15) is 37.2 Å². The molecule has 6 nitrogen and oxygen atoms in total. The number of piperidine rings is 1. The second-order valence-electron chi connectivity index (χ2n) is 6.90. The molecule has 2 heterocycles. The smallest absolute Gasteiger partial charge is 0.274 e. The SMILES string of the molecule is CC(C)C(=O)NC[C@H]1CCCN(C(=O)c2cnc3ccccc3n2)C1. The van der Waals surface area contributed by atoms with E-state index < -0.39 is 0 Å². The van der Waals surface area contributed by atoms with Gasteiger partial charge in [-0.05, 0) is 30.9 Å². The number of carbonyl (C=O) groups excluding carboxylic acids is 2. The minimum Gasteiger partial charge on any atom is -0.356 e. The molecule has 0 unspecified atom stereocenters. The first-order valence-corrected chi connectivity index (χ1v) is 8.83. The fraction of sp³-hybridized carbons (Fsp3) is 0.474. The first-order chi connectivity index (χ1) is 12.0. The summed E-state index contributed by atoms with van der Waals surface area (Å²) in [5, 5.41) is 2.97. The standard InChI is InChI=1S/C19H24N4O2/c1-13(2)18(24)21-10-14-6-5-9-23(12-14)19(25)17-11-20-15-7-3-4-8-16(15)22-17/h3-4,7-8,11,13-14H,5-6,9-10,12H2,1-2H3,(H,21,24)/t14-/m1/s1.